The quantitative estimate of drug-likeness (QED) is 0.683. The fourth-order valence-corrected chi connectivity index (χ4v) is 4.15. The van der Waals surface area contributed by atoms with Gasteiger partial charge in [0.25, 0.3) is 0 Å². The van der Waals surface area contributed by atoms with E-state index in [1.807, 2.05) is 0 Å². The monoisotopic (exact) mass is 254 g/mol. The van der Waals surface area contributed by atoms with E-state index in [1.165, 1.54) is 0 Å². The molecule has 14 heavy (non-hydrogen) atoms. The highest BCUT2D eigenvalue weighted by Gasteiger charge is 2.18. The molecule has 0 radical (unpaired) electrons. The van der Waals surface area contributed by atoms with Gasteiger partial charge in [-0.2, -0.15) is 4.21 Å². The van der Waals surface area contributed by atoms with Gasteiger partial charge in [-0.3, -0.25) is 8.37 Å². The van der Waals surface area contributed by atoms with Crippen LogP contribution in [0.3, 0.4) is 0 Å². The van der Waals surface area contributed by atoms with E-state index in [4.69, 9.17) is 8.37 Å². The molecule has 0 bridgehead atoms. The number of rotatable bonds is 6. The van der Waals surface area contributed by atoms with Crippen molar-refractivity contribution in [3.63, 3.8) is 0 Å². The van der Waals surface area contributed by atoms with Crippen molar-refractivity contribution < 1.29 is 12.6 Å². The Morgan fingerprint density at radius 1 is 0.857 bits per heavy atom. The zero-order valence-electron chi connectivity index (χ0n) is 10.0. The summed E-state index contributed by atoms with van der Waals surface area (Å²) >= 11 is -1.54. The standard InChI is InChI=1S/C8H22O3SSi2/c1-13(2,3)7-10-12(9)11-8-14(4,5)6/h7-8H2,1-6H3. The smallest absolute Gasteiger partial charge is 0.272 e. The Morgan fingerprint density at radius 2 is 1.14 bits per heavy atom. The summed E-state index contributed by atoms with van der Waals surface area (Å²) in [6, 6.07) is 0. The molecule has 3 nitrogen and oxygen atoms in total. The van der Waals surface area contributed by atoms with Crippen molar-refractivity contribution in [3.8, 4) is 0 Å². The zero-order chi connectivity index (χ0) is 11.4. The van der Waals surface area contributed by atoms with Crippen molar-refractivity contribution in [3.05, 3.63) is 0 Å². The van der Waals surface area contributed by atoms with E-state index < -0.39 is 27.5 Å². The summed E-state index contributed by atoms with van der Waals surface area (Å²) in [7, 11) is -2.56. The first kappa shape index (κ1) is 14.5. The molecular formula is C8H22O3SSi2. The van der Waals surface area contributed by atoms with E-state index in [-0.39, 0.29) is 0 Å². The first-order valence-electron chi connectivity index (χ1n) is 4.78. The minimum absolute atomic E-state index is 0.589. The van der Waals surface area contributed by atoms with E-state index in [2.05, 4.69) is 39.3 Å². The van der Waals surface area contributed by atoms with Crippen LogP contribution in [-0.4, -0.2) is 32.8 Å². The van der Waals surface area contributed by atoms with Crippen LogP contribution in [0.25, 0.3) is 0 Å². The van der Waals surface area contributed by atoms with E-state index in [9.17, 15) is 4.21 Å². The van der Waals surface area contributed by atoms with E-state index in [0.717, 1.165) is 0 Å². The van der Waals surface area contributed by atoms with Gasteiger partial charge in [0.1, 0.15) is 0 Å². The highest BCUT2D eigenvalue weighted by Crippen LogP contribution is 2.05. The van der Waals surface area contributed by atoms with Gasteiger partial charge in [-0.1, -0.05) is 39.3 Å². The van der Waals surface area contributed by atoms with Crippen LogP contribution in [0.15, 0.2) is 0 Å². The molecule has 0 saturated carbocycles. The highest BCUT2D eigenvalue weighted by atomic mass is 32.2. The molecule has 0 unspecified atom stereocenters. The molecule has 6 heteroatoms. The van der Waals surface area contributed by atoms with Crippen molar-refractivity contribution in [1.29, 1.82) is 0 Å². The molecule has 0 aliphatic carbocycles. The number of hydrogen-bond acceptors (Lipinski definition) is 3. The summed E-state index contributed by atoms with van der Waals surface area (Å²) in [5, 5.41) is 0. The van der Waals surface area contributed by atoms with Crippen LogP contribution in [0.4, 0.5) is 0 Å². The summed E-state index contributed by atoms with van der Waals surface area (Å²) in [6.45, 7) is 13.0. The maximum absolute atomic E-state index is 11.2. The van der Waals surface area contributed by atoms with E-state index in [0.29, 0.717) is 12.5 Å². The molecule has 0 saturated heterocycles. The second-order valence-corrected chi connectivity index (χ2v) is 17.5. The summed E-state index contributed by atoms with van der Waals surface area (Å²) in [5.74, 6) is 0. The highest BCUT2D eigenvalue weighted by molar-refractivity contribution is 7.75. The average molecular weight is 254 g/mol. The van der Waals surface area contributed by atoms with Gasteiger partial charge < -0.3 is 0 Å². The first-order chi connectivity index (χ1) is 6.10. The molecule has 0 heterocycles. The molecule has 86 valence electrons. The van der Waals surface area contributed by atoms with Gasteiger partial charge in [-0.25, -0.2) is 0 Å². The van der Waals surface area contributed by atoms with E-state index in [1.54, 1.807) is 0 Å². The van der Waals surface area contributed by atoms with Crippen LogP contribution in [0.1, 0.15) is 0 Å². The van der Waals surface area contributed by atoms with Crippen molar-refractivity contribution in [2.24, 2.45) is 0 Å². The normalized spacial score (nSPS) is 13.6. The Bertz CT molecular complexity index is 176. The Morgan fingerprint density at radius 3 is 1.36 bits per heavy atom. The maximum Gasteiger partial charge on any atom is 0.303 e. The molecular weight excluding hydrogens is 232 g/mol. The van der Waals surface area contributed by atoms with Gasteiger partial charge in [0, 0.05) is 0 Å². The molecule has 0 aliphatic rings. The lowest BCUT2D eigenvalue weighted by atomic mass is 11.7. The van der Waals surface area contributed by atoms with Crippen molar-refractivity contribution in [1.82, 2.24) is 0 Å². The Balaban J connectivity index is 3.68. The molecule has 0 N–H and O–H groups in total. The fourth-order valence-electron chi connectivity index (χ4n) is 0.484. The SMILES string of the molecule is C[Si](C)(C)COS(=O)OC[Si](C)(C)C. The van der Waals surface area contributed by atoms with Crippen LogP contribution < -0.4 is 0 Å². The second-order valence-electron chi connectivity index (χ2n) is 5.85. The van der Waals surface area contributed by atoms with Crippen molar-refractivity contribution in [2.75, 3.05) is 12.5 Å². The second kappa shape index (κ2) is 5.55. The minimum atomic E-state index is -1.54. The van der Waals surface area contributed by atoms with Gasteiger partial charge in [0.2, 0.25) is 0 Å². The van der Waals surface area contributed by atoms with Gasteiger partial charge in [-0.15, -0.1) is 0 Å². The lowest BCUT2D eigenvalue weighted by molar-refractivity contribution is 0.302. The van der Waals surface area contributed by atoms with Gasteiger partial charge in [0.05, 0.1) is 28.6 Å². The third-order valence-electron chi connectivity index (χ3n) is 1.18. The Hall–Kier alpha value is 0.504. The molecule has 0 aromatic heterocycles. The molecule has 0 spiro atoms. The predicted octanol–water partition coefficient (Wildman–Crippen LogP) is 2.35. The van der Waals surface area contributed by atoms with Crippen LogP contribution in [0.5, 0.6) is 0 Å². The number of hydrogen-bond donors (Lipinski definition) is 0. The Kier molecular flexibility index (Phi) is 5.75. The first-order valence-corrected chi connectivity index (χ1v) is 13.2. The molecule has 0 amide bonds. The summed E-state index contributed by atoms with van der Waals surface area (Å²) in [6.07, 6.45) is 1.18. The predicted molar refractivity (Wildman–Crippen MR) is 66.7 cm³/mol. The molecule has 0 aromatic rings. The fraction of sp³-hybridized carbons (Fsp3) is 1.00. The topological polar surface area (TPSA) is 35.5 Å². The zero-order valence-corrected chi connectivity index (χ0v) is 12.9. The largest absolute Gasteiger partial charge is 0.303 e. The molecule has 0 aliphatic heterocycles. The Labute approximate surface area is 92.1 Å². The van der Waals surface area contributed by atoms with Gasteiger partial charge in [-0.05, 0) is 0 Å². The van der Waals surface area contributed by atoms with Crippen LogP contribution in [-0.2, 0) is 19.7 Å². The van der Waals surface area contributed by atoms with Gasteiger partial charge >= 0.3 is 11.4 Å². The average Bonchev–Trinajstić information content (AvgIpc) is 1.94. The summed E-state index contributed by atoms with van der Waals surface area (Å²) < 4.78 is 21.5. The molecule has 0 rings (SSSR count). The van der Waals surface area contributed by atoms with Crippen LogP contribution >= 0.6 is 0 Å². The van der Waals surface area contributed by atoms with Crippen molar-refractivity contribution >= 4 is 27.5 Å². The molecule has 0 atom stereocenters. The van der Waals surface area contributed by atoms with Crippen LogP contribution in [0.2, 0.25) is 39.3 Å². The minimum Gasteiger partial charge on any atom is -0.272 e. The van der Waals surface area contributed by atoms with Crippen molar-refractivity contribution in [2.45, 2.75) is 39.3 Å². The molecule has 0 fully saturated rings. The lowest BCUT2D eigenvalue weighted by Crippen LogP contribution is -2.32. The summed E-state index contributed by atoms with van der Waals surface area (Å²) in [4.78, 5) is 0. The third-order valence-corrected chi connectivity index (χ3v) is 4.24. The summed E-state index contributed by atoms with van der Waals surface area (Å²) in [5.41, 5.74) is 0. The van der Waals surface area contributed by atoms with Crippen LogP contribution in [0, 0.1) is 0 Å². The van der Waals surface area contributed by atoms with E-state index >= 15 is 0 Å². The lowest BCUT2D eigenvalue weighted by Gasteiger charge is -2.17. The third kappa shape index (κ3) is 10.6. The maximum atomic E-state index is 11.2. The van der Waals surface area contributed by atoms with Gasteiger partial charge in [0.15, 0.2) is 0 Å². The molecule has 0 aromatic carbocycles.